The average molecular weight is 310 g/mol. The van der Waals surface area contributed by atoms with Crippen molar-refractivity contribution in [3.63, 3.8) is 0 Å². The lowest BCUT2D eigenvalue weighted by Crippen LogP contribution is -2.32. The molecule has 1 amide bonds. The molecule has 8 heteroatoms. The summed E-state index contributed by atoms with van der Waals surface area (Å²) in [5, 5.41) is 2.57. The van der Waals surface area contributed by atoms with Crippen LogP contribution in [-0.2, 0) is 4.79 Å². The predicted molar refractivity (Wildman–Crippen MR) is 67.6 cm³/mol. The molecule has 1 saturated carbocycles. The molecule has 1 fully saturated rings. The Kier molecular flexibility index (Phi) is 4.20. The van der Waals surface area contributed by atoms with Gasteiger partial charge >= 0.3 is 0 Å². The molecule has 0 aromatic carbocycles. The van der Waals surface area contributed by atoms with E-state index in [1.165, 1.54) is 6.33 Å². The highest BCUT2D eigenvalue weighted by Crippen LogP contribution is 2.36. The van der Waals surface area contributed by atoms with Crippen LogP contribution in [0, 0.1) is 5.92 Å². The molecule has 1 heterocycles. The Hall–Kier alpha value is -1.01. The predicted octanol–water partition coefficient (Wildman–Crippen LogP) is 3.55. The third-order valence-corrected chi connectivity index (χ3v) is 3.82. The van der Waals surface area contributed by atoms with Crippen LogP contribution in [0.1, 0.15) is 25.7 Å². The summed E-state index contributed by atoms with van der Waals surface area (Å²) < 4.78 is 26.0. The Morgan fingerprint density at radius 1 is 1.32 bits per heavy atom. The van der Waals surface area contributed by atoms with Gasteiger partial charge in [0.25, 0.3) is 0 Å². The Balaban J connectivity index is 2.00. The average Bonchev–Trinajstić information content (AvgIpc) is 2.35. The Labute approximate surface area is 118 Å². The lowest BCUT2D eigenvalue weighted by atomic mass is 9.86. The molecular formula is C11H11Cl2F2N3O. The zero-order valence-corrected chi connectivity index (χ0v) is 11.3. The van der Waals surface area contributed by atoms with Crippen LogP contribution in [0.3, 0.4) is 0 Å². The molecule has 104 valence electrons. The second kappa shape index (κ2) is 5.54. The molecule has 1 aromatic rings. The first-order chi connectivity index (χ1) is 8.89. The molecule has 0 spiro atoms. The van der Waals surface area contributed by atoms with Crippen molar-refractivity contribution in [2.45, 2.75) is 31.6 Å². The second-order valence-electron chi connectivity index (χ2n) is 4.45. The number of carbonyl (C=O) groups excluding carboxylic acids is 1. The van der Waals surface area contributed by atoms with Crippen LogP contribution >= 0.6 is 23.2 Å². The topological polar surface area (TPSA) is 54.9 Å². The first kappa shape index (κ1) is 14.4. The van der Waals surface area contributed by atoms with Gasteiger partial charge in [-0.1, -0.05) is 23.2 Å². The van der Waals surface area contributed by atoms with Gasteiger partial charge in [0.1, 0.15) is 11.3 Å². The number of aromatic nitrogens is 2. The van der Waals surface area contributed by atoms with Crippen LogP contribution < -0.4 is 5.32 Å². The number of hydrogen-bond acceptors (Lipinski definition) is 3. The molecule has 19 heavy (non-hydrogen) atoms. The summed E-state index contributed by atoms with van der Waals surface area (Å²) in [5.74, 6) is -3.38. The van der Waals surface area contributed by atoms with Crippen molar-refractivity contribution in [2.75, 3.05) is 5.32 Å². The molecule has 2 rings (SSSR count). The molecule has 1 N–H and O–H groups in total. The van der Waals surface area contributed by atoms with Crippen molar-refractivity contribution in [3.8, 4) is 0 Å². The molecule has 1 aromatic heterocycles. The minimum Gasteiger partial charge on any atom is -0.309 e. The van der Waals surface area contributed by atoms with Gasteiger partial charge in [-0.15, -0.1) is 0 Å². The van der Waals surface area contributed by atoms with Gasteiger partial charge in [-0.3, -0.25) is 4.79 Å². The highest BCUT2D eigenvalue weighted by atomic mass is 35.5. The number of rotatable bonds is 2. The molecule has 4 nitrogen and oxygen atoms in total. The lowest BCUT2D eigenvalue weighted by Gasteiger charge is -2.27. The quantitative estimate of drug-likeness (QED) is 0.850. The van der Waals surface area contributed by atoms with Gasteiger partial charge in [0.15, 0.2) is 11.0 Å². The zero-order chi connectivity index (χ0) is 14.0. The van der Waals surface area contributed by atoms with Gasteiger partial charge < -0.3 is 5.32 Å². The molecular weight excluding hydrogens is 299 g/mol. The van der Waals surface area contributed by atoms with Crippen molar-refractivity contribution in [2.24, 2.45) is 5.92 Å². The maximum Gasteiger partial charge on any atom is 0.248 e. The maximum atomic E-state index is 13.0. The van der Waals surface area contributed by atoms with E-state index < -0.39 is 11.8 Å². The summed E-state index contributed by atoms with van der Waals surface area (Å²) >= 11 is 11.5. The molecule has 1 aliphatic carbocycles. The molecule has 0 bridgehead atoms. The van der Waals surface area contributed by atoms with E-state index in [4.69, 9.17) is 23.2 Å². The number of hydrogen-bond donors (Lipinski definition) is 1. The highest BCUT2D eigenvalue weighted by molar-refractivity contribution is 6.42. The Morgan fingerprint density at radius 3 is 2.58 bits per heavy atom. The first-order valence-electron chi connectivity index (χ1n) is 5.74. The fraction of sp³-hybridized carbons (Fsp3) is 0.545. The summed E-state index contributed by atoms with van der Waals surface area (Å²) in [6, 6.07) is 0. The van der Waals surface area contributed by atoms with Gasteiger partial charge in [0.05, 0.1) is 0 Å². The number of halogens is 4. The van der Waals surface area contributed by atoms with Gasteiger partial charge in [-0.05, 0) is 12.8 Å². The zero-order valence-electron chi connectivity index (χ0n) is 9.80. The number of alkyl halides is 2. The second-order valence-corrected chi connectivity index (χ2v) is 5.18. The largest absolute Gasteiger partial charge is 0.309 e. The smallest absolute Gasteiger partial charge is 0.248 e. The van der Waals surface area contributed by atoms with Gasteiger partial charge in [0, 0.05) is 18.8 Å². The highest BCUT2D eigenvalue weighted by Gasteiger charge is 2.37. The summed E-state index contributed by atoms with van der Waals surface area (Å²) in [7, 11) is 0. The number of nitrogens with zero attached hydrogens (tertiary/aromatic N) is 2. The van der Waals surface area contributed by atoms with Crippen molar-refractivity contribution in [1.29, 1.82) is 0 Å². The van der Waals surface area contributed by atoms with Crippen molar-refractivity contribution in [1.82, 2.24) is 9.97 Å². The van der Waals surface area contributed by atoms with E-state index in [0.29, 0.717) is 0 Å². The summed E-state index contributed by atoms with van der Waals surface area (Å²) in [5.41, 5.74) is 0. The number of amides is 1. The standard InChI is InChI=1S/C11H11Cl2F2N3O/c12-7-8(13)16-5-17-9(7)18-10(19)6-1-3-11(14,15)4-2-6/h5-6H,1-4H2,(H,16,17,18,19). The number of anilines is 1. The molecule has 0 radical (unpaired) electrons. The number of carbonyl (C=O) groups is 1. The van der Waals surface area contributed by atoms with E-state index in [1.54, 1.807) is 0 Å². The van der Waals surface area contributed by atoms with Crippen LogP contribution in [0.15, 0.2) is 6.33 Å². The van der Waals surface area contributed by atoms with E-state index in [2.05, 4.69) is 15.3 Å². The first-order valence-corrected chi connectivity index (χ1v) is 6.49. The molecule has 0 unspecified atom stereocenters. The molecule has 0 aliphatic heterocycles. The minimum atomic E-state index is -2.66. The van der Waals surface area contributed by atoms with Crippen LogP contribution in [0.2, 0.25) is 10.2 Å². The van der Waals surface area contributed by atoms with Crippen LogP contribution in [-0.4, -0.2) is 21.8 Å². The van der Waals surface area contributed by atoms with Gasteiger partial charge in [-0.25, -0.2) is 18.7 Å². The lowest BCUT2D eigenvalue weighted by molar-refractivity contribution is -0.124. The van der Waals surface area contributed by atoms with E-state index in [-0.39, 0.29) is 47.6 Å². The van der Waals surface area contributed by atoms with Crippen LogP contribution in [0.5, 0.6) is 0 Å². The minimum absolute atomic E-state index is 0.0298. The summed E-state index contributed by atoms with van der Waals surface area (Å²) in [6.07, 6.45) is 0.913. The van der Waals surface area contributed by atoms with Gasteiger partial charge in [-0.2, -0.15) is 0 Å². The fourth-order valence-electron chi connectivity index (χ4n) is 1.96. The normalized spacial score (nSPS) is 19.2. The maximum absolute atomic E-state index is 13.0. The van der Waals surface area contributed by atoms with Gasteiger partial charge in [0.2, 0.25) is 11.8 Å². The van der Waals surface area contributed by atoms with Crippen molar-refractivity contribution >= 4 is 34.9 Å². The Bertz CT molecular complexity index is 489. The monoisotopic (exact) mass is 309 g/mol. The summed E-state index contributed by atoms with van der Waals surface area (Å²) in [4.78, 5) is 19.4. The number of nitrogens with one attached hydrogen (secondary N) is 1. The van der Waals surface area contributed by atoms with E-state index in [0.717, 1.165) is 0 Å². The molecule has 0 saturated heterocycles. The third-order valence-electron chi connectivity index (χ3n) is 3.08. The van der Waals surface area contributed by atoms with E-state index in [9.17, 15) is 13.6 Å². The molecule has 1 aliphatic rings. The van der Waals surface area contributed by atoms with E-state index in [1.807, 2.05) is 0 Å². The third kappa shape index (κ3) is 3.51. The Morgan fingerprint density at radius 2 is 1.95 bits per heavy atom. The van der Waals surface area contributed by atoms with E-state index >= 15 is 0 Å². The fourth-order valence-corrected chi connectivity index (χ4v) is 2.23. The van der Waals surface area contributed by atoms with Crippen LogP contribution in [0.25, 0.3) is 0 Å². The van der Waals surface area contributed by atoms with Crippen LogP contribution in [0.4, 0.5) is 14.6 Å². The summed E-state index contributed by atoms with van der Waals surface area (Å²) in [6.45, 7) is 0. The van der Waals surface area contributed by atoms with Crippen molar-refractivity contribution in [3.05, 3.63) is 16.5 Å². The van der Waals surface area contributed by atoms with Crippen molar-refractivity contribution < 1.29 is 13.6 Å². The SMILES string of the molecule is O=C(Nc1ncnc(Cl)c1Cl)C1CCC(F)(F)CC1. The molecule has 0 atom stereocenters.